The monoisotopic (exact) mass is 446 g/mol. The molecule has 1 N–H and O–H groups in total. The average Bonchev–Trinajstić information content (AvgIpc) is 3.00. The summed E-state index contributed by atoms with van der Waals surface area (Å²) in [6.07, 6.45) is 0. The van der Waals surface area contributed by atoms with E-state index in [9.17, 15) is 27.6 Å². The van der Waals surface area contributed by atoms with Gasteiger partial charge in [-0.2, -0.15) is 0 Å². The normalized spacial score (nSPS) is 21.2. The molecule has 1 atom stereocenters. The maximum atomic E-state index is 13.7. The number of rotatable bonds is 4. The topological polar surface area (TPSA) is 73.0 Å². The summed E-state index contributed by atoms with van der Waals surface area (Å²) in [6.45, 7) is 2.71. The third kappa shape index (κ3) is 3.88. The van der Waals surface area contributed by atoms with Crippen LogP contribution in [0.3, 0.4) is 0 Å². The molecule has 2 aliphatic heterocycles. The molecule has 2 aromatic carbocycles. The molecule has 168 valence electrons. The number of anilines is 1. The SMILES string of the molecule is CC1(c2ccc(F)c(F)c2)NC(=O)N(CC(=O)N2CCN(c3ccc(F)cc3)CC2)C1=O. The predicted octanol–water partition coefficient (Wildman–Crippen LogP) is 2.22. The number of nitrogens with zero attached hydrogens (tertiary/aromatic N) is 3. The number of hydrogen-bond acceptors (Lipinski definition) is 4. The van der Waals surface area contributed by atoms with Crippen LogP contribution in [0.4, 0.5) is 23.7 Å². The van der Waals surface area contributed by atoms with Crippen molar-refractivity contribution in [1.29, 1.82) is 0 Å². The molecule has 2 saturated heterocycles. The van der Waals surface area contributed by atoms with Gasteiger partial charge < -0.3 is 15.1 Å². The molecule has 0 aromatic heterocycles. The van der Waals surface area contributed by atoms with E-state index in [1.807, 2.05) is 4.90 Å². The summed E-state index contributed by atoms with van der Waals surface area (Å²) in [5, 5.41) is 2.47. The van der Waals surface area contributed by atoms with Gasteiger partial charge in [-0.1, -0.05) is 6.07 Å². The minimum absolute atomic E-state index is 0.0811. The first-order chi connectivity index (χ1) is 15.2. The van der Waals surface area contributed by atoms with Gasteiger partial charge in [0.05, 0.1) is 0 Å². The third-order valence-electron chi connectivity index (χ3n) is 5.89. The lowest BCUT2D eigenvalue weighted by Crippen LogP contribution is -2.52. The number of amides is 4. The van der Waals surface area contributed by atoms with Crippen LogP contribution in [0.15, 0.2) is 42.5 Å². The van der Waals surface area contributed by atoms with Crippen molar-refractivity contribution in [2.24, 2.45) is 0 Å². The molecule has 0 bridgehead atoms. The summed E-state index contributed by atoms with van der Waals surface area (Å²) in [7, 11) is 0. The van der Waals surface area contributed by atoms with Crippen LogP contribution in [0, 0.1) is 17.5 Å². The van der Waals surface area contributed by atoms with Crippen LogP contribution in [0.2, 0.25) is 0 Å². The molecule has 2 fully saturated rings. The van der Waals surface area contributed by atoms with Crippen LogP contribution in [-0.4, -0.2) is 60.4 Å². The second kappa shape index (κ2) is 8.18. The number of carbonyl (C=O) groups excluding carboxylic acids is 3. The number of benzene rings is 2. The van der Waals surface area contributed by atoms with Crippen LogP contribution in [0.25, 0.3) is 0 Å². The van der Waals surface area contributed by atoms with Crippen LogP contribution in [0.5, 0.6) is 0 Å². The molecule has 1 unspecified atom stereocenters. The van der Waals surface area contributed by atoms with Gasteiger partial charge in [-0.05, 0) is 48.9 Å². The number of carbonyl (C=O) groups is 3. The quantitative estimate of drug-likeness (QED) is 0.732. The van der Waals surface area contributed by atoms with Gasteiger partial charge in [0.15, 0.2) is 11.6 Å². The second-order valence-corrected chi connectivity index (χ2v) is 7.92. The maximum Gasteiger partial charge on any atom is 0.325 e. The largest absolute Gasteiger partial charge is 0.368 e. The highest BCUT2D eigenvalue weighted by molar-refractivity contribution is 6.09. The molecule has 32 heavy (non-hydrogen) atoms. The summed E-state index contributed by atoms with van der Waals surface area (Å²) in [5.74, 6) is -3.65. The fourth-order valence-electron chi connectivity index (χ4n) is 3.94. The first kappa shape index (κ1) is 21.7. The van der Waals surface area contributed by atoms with E-state index in [0.29, 0.717) is 26.2 Å². The Morgan fingerprint density at radius 1 is 0.969 bits per heavy atom. The Kier molecular flexibility index (Phi) is 5.53. The lowest BCUT2D eigenvalue weighted by atomic mass is 9.92. The second-order valence-electron chi connectivity index (χ2n) is 7.92. The van der Waals surface area contributed by atoms with Gasteiger partial charge in [0.2, 0.25) is 5.91 Å². The zero-order valence-corrected chi connectivity index (χ0v) is 17.3. The number of hydrogen-bond donors (Lipinski definition) is 1. The van der Waals surface area contributed by atoms with Crippen molar-refractivity contribution in [3.63, 3.8) is 0 Å². The highest BCUT2D eigenvalue weighted by Gasteiger charge is 2.50. The van der Waals surface area contributed by atoms with Crippen LogP contribution < -0.4 is 10.2 Å². The zero-order valence-electron chi connectivity index (χ0n) is 17.3. The molecule has 10 heteroatoms. The van der Waals surface area contributed by atoms with Gasteiger partial charge in [0, 0.05) is 31.9 Å². The van der Waals surface area contributed by atoms with Crippen molar-refractivity contribution >= 4 is 23.5 Å². The standard InChI is InChI=1S/C22H21F3N4O3/c1-22(14-2-7-17(24)18(25)12-14)20(31)29(21(32)26-22)13-19(30)28-10-8-27(9-11-28)16-5-3-15(23)4-6-16/h2-7,12H,8-11,13H2,1H3,(H,26,32). The first-order valence-electron chi connectivity index (χ1n) is 10.1. The van der Waals surface area contributed by atoms with Crippen molar-refractivity contribution < 1.29 is 27.6 Å². The van der Waals surface area contributed by atoms with Crippen molar-refractivity contribution in [2.75, 3.05) is 37.6 Å². The average molecular weight is 446 g/mol. The molecule has 2 aromatic rings. The highest BCUT2D eigenvalue weighted by Crippen LogP contribution is 2.30. The Balaban J connectivity index is 1.40. The zero-order chi connectivity index (χ0) is 23.0. The molecule has 2 heterocycles. The first-order valence-corrected chi connectivity index (χ1v) is 10.1. The van der Waals surface area contributed by atoms with E-state index in [0.717, 1.165) is 22.7 Å². The summed E-state index contributed by atoms with van der Waals surface area (Å²) in [5.41, 5.74) is -0.680. The van der Waals surface area contributed by atoms with Crippen LogP contribution in [0.1, 0.15) is 12.5 Å². The van der Waals surface area contributed by atoms with Gasteiger partial charge in [-0.25, -0.2) is 18.0 Å². The molecule has 0 saturated carbocycles. The molecule has 2 aliphatic rings. The van der Waals surface area contributed by atoms with Gasteiger partial charge in [-0.3, -0.25) is 14.5 Å². The summed E-state index contributed by atoms with van der Waals surface area (Å²) in [4.78, 5) is 42.5. The van der Waals surface area contributed by atoms with Crippen molar-refractivity contribution in [1.82, 2.24) is 15.1 Å². The fraction of sp³-hybridized carbons (Fsp3) is 0.318. The number of urea groups is 1. The predicted molar refractivity (Wildman–Crippen MR) is 109 cm³/mol. The van der Waals surface area contributed by atoms with E-state index in [1.54, 1.807) is 17.0 Å². The van der Waals surface area contributed by atoms with Crippen LogP contribution in [-0.2, 0) is 15.1 Å². The molecule has 0 spiro atoms. The van der Waals surface area contributed by atoms with Crippen LogP contribution >= 0.6 is 0 Å². The third-order valence-corrected chi connectivity index (χ3v) is 5.89. The number of imide groups is 1. The Hall–Kier alpha value is -3.56. The number of piperazine rings is 1. The van der Waals surface area contributed by atoms with E-state index in [4.69, 9.17) is 0 Å². The van der Waals surface area contributed by atoms with Gasteiger partial charge >= 0.3 is 6.03 Å². The summed E-state index contributed by atoms with van der Waals surface area (Å²) < 4.78 is 40.0. The minimum Gasteiger partial charge on any atom is -0.368 e. The molecule has 4 amide bonds. The Labute approximate surface area is 182 Å². The summed E-state index contributed by atoms with van der Waals surface area (Å²) in [6, 6.07) is 8.25. The maximum absolute atomic E-state index is 13.7. The van der Waals surface area contributed by atoms with Crippen molar-refractivity contribution in [2.45, 2.75) is 12.5 Å². The molecular weight excluding hydrogens is 425 g/mol. The molecule has 7 nitrogen and oxygen atoms in total. The van der Waals surface area contributed by atoms with E-state index in [2.05, 4.69) is 5.32 Å². The number of halogens is 3. The lowest BCUT2D eigenvalue weighted by Gasteiger charge is -2.36. The minimum atomic E-state index is -1.60. The van der Waals surface area contributed by atoms with E-state index in [-0.39, 0.29) is 11.4 Å². The highest BCUT2D eigenvalue weighted by atomic mass is 19.2. The van der Waals surface area contributed by atoms with E-state index >= 15 is 0 Å². The summed E-state index contributed by atoms with van der Waals surface area (Å²) >= 11 is 0. The Morgan fingerprint density at radius 2 is 1.62 bits per heavy atom. The molecular formula is C22H21F3N4O3. The van der Waals surface area contributed by atoms with Crippen molar-refractivity contribution in [3.05, 3.63) is 65.5 Å². The van der Waals surface area contributed by atoms with Gasteiger partial charge in [0.1, 0.15) is 17.9 Å². The number of nitrogens with one attached hydrogen (secondary N) is 1. The Bertz CT molecular complexity index is 1070. The molecule has 0 radical (unpaired) electrons. The Morgan fingerprint density at radius 3 is 2.25 bits per heavy atom. The molecule has 4 rings (SSSR count). The van der Waals surface area contributed by atoms with Gasteiger partial charge in [-0.15, -0.1) is 0 Å². The van der Waals surface area contributed by atoms with Crippen molar-refractivity contribution in [3.8, 4) is 0 Å². The fourth-order valence-corrected chi connectivity index (χ4v) is 3.94. The lowest BCUT2D eigenvalue weighted by molar-refractivity contribution is -0.139. The smallest absolute Gasteiger partial charge is 0.325 e. The van der Waals surface area contributed by atoms with E-state index in [1.165, 1.54) is 25.1 Å². The van der Waals surface area contributed by atoms with Gasteiger partial charge in [0.25, 0.3) is 5.91 Å². The van der Waals surface area contributed by atoms with E-state index < -0.39 is 41.6 Å². The molecule has 0 aliphatic carbocycles.